The first-order chi connectivity index (χ1) is 12.1. The minimum atomic E-state index is 0.287. The summed E-state index contributed by atoms with van der Waals surface area (Å²) in [5.74, 6) is 0. The second kappa shape index (κ2) is 8.16. The van der Waals surface area contributed by atoms with Crippen LogP contribution in [-0.4, -0.2) is 12.1 Å². The Labute approximate surface area is 152 Å². The van der Waals surface area contributed by atoms with Crippen molar-refractivity contribution in [1.29, 1.82) is 0 Å². The van der Waals surface area contributed by atoms with Gasteiger partial charge in [-0.05, 0) is 92.2 Å². The molecule has 2 heteroatoms. The average molecular weight is 337 g/mol. The zero-order valence-corrected chi connectivity index (χ0v) is 15.7. The molecule has 3 rings (SSSR count). The van der Waals surface area contributed by atoms with Gasteiger partial charge in [0.15, 0.2) is 0 Å². The molecular weight excluding hydrogens is 304 g/mol. The molecule has 1 aliphatic rings. The predicted molar refractivity (Wildman–Crippen MR) is 108 cm³/mol. The molecule has 2 unspecified atom stereocenters. The number of rotatable bonds is 8. The van der Waals surface area contributed by atoms with Crippen LogP contribution in [0.3, 0.4) is 0 Å². The summed E-state index contributed by atoms with van der Waals surface area (Å²) in [6.07, 6.45) is 7.89. The van der Waals surface area contributed by atoms with E-state index in [1.807, 2.05) is 0 Å². The Morgan fingerprint density at radius 2 is 1.52 bits per heavy atom. The maximum Gasteiger partial charge on any atom is 0.00105 e. The van der Waals surface area contributed by atoms with Crippen LogP contribution in [0, 0.1) is 0 Å². The summed E-state index contributed by atoms with van der Waals surface area (Å²) >= 11 is 0. The van der Waals surface area contributed by atoms with Crippen molar-refractivity contribution in [2.24, 2.45) is 11.5 Å². The summed E-state index contributed by atoms with van der Waals surface area (Å²) in [6, 6.07) is 14.1. The van der Waals surface area contributed by atoms with E-state index >= 15 is 0 Å². The molecule has 0 bridgehead atoms. The van der Waals surface area contributed by atoms with E-state index in [0.29, 0.717) is 6.04 Å². The van der Waals surface area contributed by atoms with Crippen molar-refractivity contribution >= 4 is 0 Å². The van der Waals surface area contributed by atoms with Gasteiger partial charge in [-0.2, -0.15) is 0 Å². The molecule has 0 spiro atoms. The summed E-state index contributed by atoms with van der Waals surface area (Å²) in [7, 11) is 0. The van der Waals surface area contributed by atoms with Crippen LogP contribution < -0.4 is 11.5 Å². The van der Waals surface area contributed by atoms with E-state index in [1.165, 1.54) is 35.1 Å². The van der Waals surface area contributed by atoms with Crippen molar-refractivity contribution in [2.75, 3.05) is 0 Å². The van der Waals surface area contributed by atoms with Crippen LogP contribution in [0.1, 0.15) is 61.8 Å². The van der Waals surface area contributed by atoms with Gasteiger partial charge in [0.25, 0.3) is 0 Å². The molecule has 2 atom stereocenters. The molecule has 2 aromatic carbocycles. The molecule has 0 amide bonds. The lowest BCUT2D eigenvalue weighted by molar-refractivity contribution is 0.610. The Kier molecular flexibility index (Phi) is 5.93. The van der Waals surface area contributed by atoms with Crippen molar-refractivity contribution in [3.05, 3.63) is 58.7 Å². The van der Waals surface area contributed by atoms with E-state index in [4.69, 9.17) is 11.5 Å². The standard InChI is InChI=1S/C23H32N2/c1-16(24)7-5-10-18-13-14-22-21-11-4-3-9-19(21)15-23(22)20(18)12-6-8-17(2)25/h3-4,9,11,13-14,16-17H,5-8,10,12,15,24-25H2,1-2H3. The minimum absolute atomic E-state index is 0.287. The van der Waals surface area contributed by atoms with Gasteiger partial charge < -0.3 is 11.5 Å². The monoisotopic (exact) mass is 336 g/mol. The lowest BCUT2D eigenvalue weighted by atomic mass is 9.89. The van der Waals surface area contributed by atoms with Gasteiger partial charge in [0, 0.05) is 12.1 Å². The first kappa shape index (κ1) is 18.2. The van der Waals surface area contributed by atoms with E-state index in [2.05, 4.69) is 50.2 Å². The lowest BCUT2D eigenvalue weighted by Gasteiger charge is -2.16. The smallest absolute Gasteiger partial charge is 0.00105 e. The van der Waals surface area contributed by atoms with Gasteiger partial charge in [-0.3, -0.25) is 0 Å². The molecule has 0 saturated carbocycles. The number of aryl methyl sites for hydroxylation is 1. The van der Waals surface area contributed by atoms with E-state index < -0.39 is 0 Å². The second-order valence-electron chi connectivity index (χ2n) is 7.80. The summed E-state index contributed by atoms with van der Waals surface area (Å²) in [5.41, 5.74) is 20.9. The SMILES string of the molecule is CC(N)CCCc1ccc2c(c1CCCC(C)N)Cc1ccccc1-2. The van der Waals surface area contributed by atoms with Crippen LogP contribution in [0.2, 0.25) is 0 Å². The van der Waals surface area contributed by atoms with Crippen LogP contribution in [0.5, 0.6) is 0 Å². The summed E-state index contributed by atoms with van der Waals surface area (Å²) in [6.45, 7) is 4.21. The van der Waals surface area contributed by atoms with Gasteiger partial charge in [0.1, 0.15) is 0 Å². The zero-order chi connectivity index (χ0) is 17.8. The van der Waals surface area contributed by atoms with Crippen molar-refractivity contribution in [1.82, 2.24) is 0 Å². The Morgan fingerprint density at radius 1 is 0.840 bits per heavy atom. The third kappa shape index (κ3) is 4.31. The molecule has 2 aromatic rings. The fourth-order valence-electron chi connectivity index (χ4n) is 4.08. The molecule has 25 heavy (non-hydrogen) atoms. The average Bonchev–Trinajstić information content (AvgIpc) is 2.94. The molecule has 2 nitrogen and oxygen atoms in total. The maximum atomic E-state index is 5.98. The zero-order valence-electron chi connectivity index (χ0n) is 15.7. The largest absolute Gasteiger partial charge is 0.328 e. The molecule has 0 aromatic heterocycles. The molecule has 0 heterocycles. The third-order valence-corrected chi connectivity index (χ3v) is 5.39. The highest BCUT2D eigenvalue weighted by Crippen LogP contribution is 2.40. The number of fused-ring (bicyclic) bond motifs is 3. The molecule has 4 N–H and O–H groups in total. The fourth-order valence-corrected chi connectivity index (χ4v) is 4.08. The Morgan fingerprint density at radius 3 is 2.24 bits per heavy atom. The summed E-state index contributed by atoms with van der Waals surface area (Å²) in [4.78, 5) is 0. The number of hydrogen-bond donors (Lipinski definition) is 2. The van der Waals surface area contributed by atoms with E-state index in [9.17, 15) is 0 Å². The number of hydrogen-bond acceptors (Lipinski definition) is 2. The summed E-state index contributed by atoms with van der Waals surface area (Å²) in [5, 5.41) is 0. The topological polar surface area (TPSA) is 52.0 Å². The molecule has 134 valence electrons. The van der Waals surface area contributed by atoms with E-state index in [0.717, 1.165) is 32.1 Å². The maximum absolute atomic E-state index is 5.98. The predicted octanol–water partition coefficient (Wildman–Crippen LogP) is 4.60. The number of nitrogens with two attached hydrogens (primary N) is 2. The Bertz CT molecular complexity index is 716. The van der Waals surface area contributed by atoms with Crippen LogP contribution in [0.15, 0.2) is 36.4 Å². The minimum Gasteiger partial charge on any atom is -0.328 e. The van der Waals surface area contributed by atoms with Crippen LogP contribution in [0.4, 0.5) is 0 Å². The molecule has 0 radical (unpaired) electrons. The Hall–Kier alpha value is -1.64. The van der Waals surface area contributed by atoms with E-state index in [1.54, 1.807) is 11.1 Å². The second-order valence-corrected chi connectivity index (χ2v) is 7.80. The Balaban J connectivity index is 1.87. The van der Waals surface area contributed by atoms with Gasteiger partial charge in [0.05, 0.1) is 0 Å². The van der Waals surface area contributed by atoms with Gasteiger partial charge >= 0.3 is 0 Å². The fraction of sp³-hybridized carbons (Fsp3) is 0.478. The van der Waals surface area contributed by atoms with Crippen LogP contribution in [-0.2, 0) is 19.3 Å². The van der Waals surface area contributed by atoms with Gasteiger partial charge in [0.2, 0.25) is 0 Å². The van der Waals surface area contributed by atoms with Gasteiger partial charge in [-0.1, -0.05) is 36.4 Å². The lowest BCUT2D eigenvalue weighted by Crippen LogP contribution is -2.15. The highest BCUT2D eigenvalue weighted by molar-refractivity contribution is 5.78. The van der Waals surface area contributed by atoms with E-state index in [-0.39, 0.29) is 6.04 Å². The molecular formula is C23H32N2. The first-order valence-electron chi connectivity index (χ1n) is 9.79. The normalized spacial score (nSPS) is 14.9. The highest BCUT2D eigenvalue weighted by atomic mass is 14.6. The summed E-state index contributed by atoms with van der Waals surface area (Å²) < 4.78 is 0. The van der Waals surface area contributed by atoms with Gasteiger partial charge in [-0.25, -0.2) is 0 Å². The van der Waals surface area contributed by atoms with Crippen molar-refractivity contribution in [2.45, 2.75) is 70.9 Å². The molecule has 0 aliphatic heterocycles. The van der Waals surface area contributed by atoms with Gasteiger partial charge in [-0.15, -0.1) is 0 Å². The molecule has 0 saturated heterocycles. The molecule has 0 fully saturated rings. The van der Waals surface area contributed by atoms with Crippen molar-refractivity contribution in [3.8, 4) is 11.1 Å². The van der Waals surface area contributed by atoms with Crippen molar-refractivity contribution < 1.29 is 0 Å². The molecule has 1 aliphatic carbocycles. The van der Waals surface area contributed by atoms with Crippen molar-refractivity contribution in [3.63, 3.8) is 0 Å². The number of benzene rings is 2. The third-order valence-electron chi connectivity index (χ3n) is 5.39. The quantitative estimate of drug-likeness (QED) is 0.632. The van der Waals surface area contributed by atoms with Crippen LogP contribution >= 0.6 is 0 Å². The highest BCUT2D eigenvalue weighted by Gasteiger charge is 2.22. The van der Waals surface area contributed by atoms with Crippen LogP contribution in [0.25, 0.3) is 11.1 Å². The first-order valence-corrected chi connectivity index (χ1v) is 9.79.